The standard InChI is InChI=1S/C9H20Si.Li/c1-8(2,3)10(7)9(4,5)6;/h7H2,1-6H3;/q-1;+1. The predicted octanol–water partition coefficient (Wildman–Crippen LogP) is 0.459. The third-order valence-corrected chi connectivity index (χ3v) is 5.43. The van der Waals surface area contributed by atoms with Crippen LogP contribution in [0.1, 0.15) is 41.5 Å². The molecule has 0 amide bonds. The Bertz CT molecular complexity index is 93.7. The van der Waals surface area contributed by atoms with Gasteiger partial charge in [-0.15, -0.1) is 8.80 Å². The summed E-state index contributed by atoms with van der Waals surface area (Å²) >= 11 is 0. The largest absolute Gasteiger partial charge is 1.00 e. The Morgan fingerprint density at radius 3 is 1.00 bits per heavy atom. The van der Waals surface area contributed by atoms with Gasteiger partial charge in [-0.05, 0) is 0 Å². The second kappa shape index (κ2) is 4.17. The molecule has 0 saturated carbocycles. The first-order valence-corrected chi connectivity index (χ1v) is 5.56. The van der Waals surface area contributed by atoms with Crippen LogP contribution in [0.4, 0.5) is 0 Å². The van der Waals surface area contributed by atoms with Crippen molar-refractivity contribution in [2.45, 2.75) is 51.6 Å². The second-order valence-electron chi connectivity index (χ2n) is 4.98. The summed E-state index contributed by atoms with van der Waals surface area (Å²) in [7, 11) is -0.471. The summed E-state index contributed by atoms with van der Waals surface area (Å²) in [6.07, 6.45) is 0. The Kier molecular flexibility index (Phi) is 5.43. The quantitative estimate of drug-likeness (QED) is 0.359. The van der Waals surface area contributed by atoms with Crippen molar-refractivity contribution in [3.63, 3.8) is 0 Å². The molecule has 0 N–H and O–H groups in total. The van der Waals surface area contributed by atoms with Crippen LogP contribution >= 0.6 is 0 Å². The van der Waals surface area contributed by atoms with Gasteiger partial charge in [-0.25, -0.2) is 0 Å². The number of hydrogen-bond acceptors (Lipinski definition) is 0. The number of hydrogen-bond donors (Lipinski definition) is 0. The molecule has 0 bridgehead atoms. The summed E-state index contributed by atoms with van der Waals surface area (Å²) in [6, 6.07) is 0. The molecule has 11 heavy (non-hydrogen) atoms. The Hall–Kier alpha value is 0.814. The van der Waals surface area contributed by atoms with E-state index in [0.717, 1.165) is 0 Å². The molecule has 0 heterocycles. The molecular formula is C9H20LiSi. The fourth-order valence-corrected chi connectivity index (χ4v) is 3.38. The van der Waals surface area contributed by atoms with Crippen LogP contribution in [-0.4, -0.2) is 8.80 Å². The summed E-state index contributed by atoms with van der Waals surface area (Å²) < 4.78 is 0. The molecule has 0 spiro atoms. The van der Waals surface area contributed by atoms with Crippen molar-refractivity contribution in [1.29, 1.82) is 0 Å². The fraction of sp³-hybridized carbons (Fsp3) is 0.889. The molecule has 0 rings (SSSR count). The van der Waals surface area contributed by atoms with E-state index in [1.807, 2.05) is 0 Å². The Balaban J connectivity index is 0. The molecule has 0 aromatic carbocycles. The van der Waals surface area contributed by atoms with Crippen LogP contribution in [0.15, 0.2) is 0 Å². The van der Waals surface area contributed by atoms with Gasteiger partial charge in [-0.1, -0.05) is 51.6 Å². The van der Waals surface area contributed by atoms with E-state index in [1.165, 1.54) is 0 Å². The third kappa shape index (κ3) is 5.12. The van der Waals surface area contributed by atoms with Gasteiger partial charge in [0, 0.05) is 0 Å². The molecule has 0 nitrogen and oxygen atoms in total. The van der Waals surface area contributed by atoms with Crippen LogP contribution in [0, 0.1) is 6.55 Å². The van der Waals surface area contributed by atoms with E-state index in [9.17, 15) is 0 Å². The minimum absolute atomic E-state index is 0. The summed E-state index contributed by atoms with van der Waals surface area (Å²) in [5.74, 6) is 0. The van der Waals surface area contributed by atoms with Gasteiger partial charge in [0.05, 0.1) is 0 Å². The van der Waals surface area contributed by atoms with E-state index in [0.29, 0.717) is 10.1 Å². The van der Waals surface area contributed by atoms with Crippen molar-refractivity contribution in [2.75, 3.05) is 0 Å². The van der Waals surface area contributed by atoms with E-state index in [4.69, 9.17) is 0 Å². The Morgan fingerprint density at radius 1 is 0.818 bits per heavy atom. The van der Waals surface area contributed by atoms with Gasteiger partial charge in [0.1, 0.15) is 0 Å². The summed E-state index contributed by atoms with van der Waals surface area (Å²) in [4.78, 5) is 0. The molecule has 61 valence electrons. The fourth-order valence-electron chi connectivity index (χ4n) is 1.12. The zero-order valence-electron chi connectivity index (χ0n) is 9.21. The smallest absolute Gasteiger partial charge is 0.344 e. The maximum Gasteiger partial charge on any atom is 1.00 e. The monoisotopic (exact) mass is 163 g/mol. The molecule has 0 aliphatic rings. The van der Waals surface area contributed by atoms with Crippen LogP contribution in [-0.2, 0) is 0 Å². The molecule has 0 unspecified atom stereocenters. The van der Waals surface area contributed by atoms with Gasteiger partial charge in [-0.2, -0.15) is 0 Å². The van der Waals surface area contributed by atoms with Gasteiger partial charge in [0.25, 0.3) is 0 Å². The van der Waals surface area contributed by atoms with Crippen LogP contribution in [0.25, 0.3) is 0 Å². The van der Waals surface area contributed by atoms with Crippen LogP contribution in [0.3, 0.4) is 0 Å². The number of rotatable bonds is 0. The topological polar surface area (TPSA) is 0 Å². The van der Waals surface area contributed by atoms with E-state index in [-0.39, 0.29) is 18.9 Å². The van der Waals surface area contributed by atoms with Crippen LogP contribution in [0.5, 0.6) is 0 Å². The third-order valence-electron chi connectivity index (χ3n) is 1.81. The maximum atomic E-state index is 4.28. The molecule has 0 atom stereocenters. The SMILES string of the molecule is [CH2-][Si](C(C)(C)C)C(C)(C)C.[Li+]. The zero-order valence-corrected chi connectivity index (χ0v) is 10.2. The van der Waals surface area contributed by atoms with Crippen molar-refractivity contribution in [1.82, 2.24) is 0 Å². The molecule has 0 aromatic heterocycles. The first-order valence-electron chi connectivity index (χ1n) is 3.85. The molecular weight excluding hydrogens is 143 g/mol. The molecule has 0 aliphatic heterocycles. The summed E-state index contributed by atoms with van der Waals surface area (Å²) in [5.41, 5.74) is 0. The van der Waals surface area contributed by atoms with Crippen molar-refractivity contribution in [2.24, 2.45) is 0 Å². The van der Waals surface area contributed by atoms with Gasteiger partial charge < -0.3 is 6.55 Å². The molecule has 0 saturated heterocycles. The maximum absolute atomic E-state index is 4.28. The Labute approximate surface area is 85.9 Å². The minimum atomic E-state index is -0.471. The molecule has 0 aromatic rings. The van der Waals surface area contributed by atoms with Gasteiger partial charge >= 0.3 is 18.9 Å². The van der Waals surface area contributed by atoms with Crippen molar-refractivity contribution in [3.05, 3.63) is 6.55 Å². The van der Waals surface area contributed by atoms with E-state index in [1.54, 1.807) is 0 Å². The minimum Gasteiger partial charge on any atom is -0.344 e. The average molecular weight is 163 g/mol. The predicted molar refractivity (Wildman–Crippen MR) is 50.5 cm³/mol. The van der Waals surface area contributed by atoms with E-state index >= 15 is 0 Å². The van der Waals surface area contributed by atoms with Gasteiger partial charge in [0.15, 0.2) is 0 Å². The van der Waals surface area contributed by atoms with E-state index < -0.39 is 8.80 Å². The summed E-state index contributed by atoms with van der Waals surface area (Å²) in [5, 5.41) is 0.867. The van der Waals surface area contributed by atoms with E-state index in [2.05, 4.69) is 48.1 Å². The normalized spacial score (nSPS) is 13.1. The molecule has 0 aliphatic carbocycles. The first-order chi connectivity index (χ1) is 4.15. The first kappa shape index (κ1) is 14.3. The van der Waals surface area contributed by atoms with Crippen LogP contribution in [0.2, 0.25) is 10.1 Å². The van der Waals surface area contributed by atoms with Crippen LogP contribution < -0.4 is 18.9 Å². The second-order valence-corrected chi connectivity index (χ2v) is 8.94. The molecule has 0 fully saturated rings. The van der Waals surface area contributed by atoms with Crippen molar-refractivity contribution in [3.8, 4) is 0 Å². The molecule has 2 heteroatoms. The summed E-state index contributed by atoms with van der Waals surface area (Å²) in [6.45, 7) is 18.0. The average Bonchev–Trinajstić information content (AvgIpc) is 1.59. The van der Waals surface area contributed by atoms with Gasteiger partial charge in [-0.3, -0.25) is 0 Å². The van der Waals surface area contributed by atoms with Crippen molar-refractivity contribution < 1.29 is 18.9 Å². The van der Waals surface area contributed by atoms with Crippen molar-refractivity contribution >= 4 is 8.80 Å². The van der Waals surface area contributed by atoms with Gasteiger partial charge in [0.2, 0.25) is 0 Å². The molecule has 1 radical (unpaired) electrons. The Morgan fingerprint density at radius 2 is 1.00 bits per heavy atom. The zero-order chi connectivity index (χ0) is 8.58.